The van der Waals surface area contributed by atoms with Crippen LogP contribution in [0.15, 0.2) is 11.3 Å². The third-order valence-electron chi connectivity index (χ3n) is 1.65. The zero-order valence-electron chi connectivity index (χ0n) is 7.64. The predicted molar refractivity (Wildman–Crippen MR) is 44.2 cm³/mol. The van der Waals surface area contributed by atoms with E-state index in [-0.39, 0.29) is 12.7 Å². The molecule has 1 atom stereocenters. The molecule has 1 unspecified atom stereocenters. The van der Waals surface area contributed by atoms with E-state index in [2.05, 4.69) is 0 Å². The van der Waals surface area contributed by atoms with Crippen LogP contribution in [0.3, 0.4) is 0 Å². The molecule has 0 radical (unpaired) electrons. The molecule has 0 heterocycles. The molecule has 14 heavy (non-hydrogen) atoms. The molecule has 0 aromatic rings. The van der Waals surface area contributed by atoms with Crippen LogP contribution in [0.1, 0.15) is 19.8 Å². The number of aldehydes is 1. The van der Waals surface area contributed by atoms with Crippen molar-refractivity contribution in [2.45, 2.75) is 32.0 Å². The van der Waals surface area contributed by atoms with Gasteiger partial charge in [0.25, 0.3) is 0 Å². The minimum atomic E-state index is -4.49. The average Bonchev–Trinajstić information content (AvgIpc) is 2.10. The molecule has 6 heteroatoms. The van der Waals surface area contributed by atoms with Crippen molar-refractivity contribution in [1.29, 1.82) is 0 Å². The first kappa shape index (κ1) is 13.0. The molecular weight excluding hydrogens is 199 g/mol. The van der Waals surface area contributed by atoms with Gasteiger partial charge in [0.05, 0.1) is 12.5 Å². The Hall–Kier alpha value is -1.04. The highest BCUT2D eigenvalue weighted by atomic mass is 19.4. The van der Waals surface area contributed by atoms with Crippen LogP contribution < -0.4 is 5.73 Å². The number of carbonyl (C=O) groups is 1. The summed E-state index contributed by atoms with van der Waals surface area (Å²) in [7, 11) is 0. The number of aliphatic hydroxyl groups excluding tert-OH is 1. The molecule has 0 aliphatic rings. The maximum atomic E-state index is 11.9. The highest BCUT2D eigenvalue weighted by Gasteiger charge is 2.30. The zero-order chi connectivity index (χ0) is 11.4. The first-order valence-corrected chi connectivity index (χ1v) is 4.00. The van der Waals surface area contributed by atoms with E-state index in [4.69, 9.17) is 10.8 Å². The molecule has 0 saturated carbocycles. The predicted octanol–water partition coefficient (Wildman–Crippen LogP) is 1.12. The Balaban J connectivity index is 4.76. The van der Waals surface area contributed by atoms with Gasteiger partial charge < -0.3 is 10.8 Å². The molecule has 0 aromatic carbocycles. The fraction of sp³-hybridized carbons (Fsp3) is 0.625. The second kappa shape index (κ2) is 4.99. The summed E-state index contributed by atoms with van der Waals surface area (Å²) >= 11 is 0. The fourth-order valence-corrected chi connectivity index (χ4v) is 0.862. The molecule has 0 saturated heterocycles. The number of halogens is 3. The molecule has 0 amide bonds. The molecule has 0 fully saturated rings. The van der Waals surface area contributed by atoms with Crippen molar-refractivity contribution in [3.05, 3.63) is 11.3 Å². The van der Waals surface area contributed by atoms with Crippen molar-refractivity contribution in [3.8, 4) is 0 Å². The Morgan fingerprint density at radius 3 is 2.36 bits per heavy atom. The van der Waals surface area contributed by atoms with Gasteiger partial charge in [-0.2, -0.15) is 13.2 Å². The second-order valence-corrected chi connectivity index (χ2v) is 2.81. The van der Waals surface area contributed by atoms with E-state index in [0.717, 1.165) is 0 Å². The number of rotatable bonds is 4. The minimum Gasteiger partial charge on any atom is -0.400 e. The van der Waals surface area contributed by atoms with Crippen molar-refractivity contribution in [2.24, 2.45) is 5.73 Å². The fourth-order valence-electron chi connectivity index (χ4n) is 0.862. The van der Waals surface area contributed by atoms with Gasteiger partial charge in [-0.1, -0.05) is 6.92 Å². The van der Waals surface area contributed by atoms with Gasteiger partial charge in [-0.25, -0.2) is 0 Å². The molecule has 0 spiro atoms. The average molecular weight is 211 g/mol. The van der Waals surface area contributed by atoms with Crippen molar-refractivity contribution in [2.75, 3.05) is 0 Å². The standard InChI is InChI=1S/C8H12F3NO2/c1-2-6(14)7(12)5(4-13)3-8(9,10)11/h4,6,14H,2-3,12H2,1H3. The quantitative estimate of drug-likeness (QED) is 0.541. The van der Waals surface area contributed by atoms with E-state index in [9.17, 15) is 18.0 Å². The van der Waals surface area contributed by atoms with Gasteiger partial charge in [0.15, 0.2) is 0 Å². The van der Waals surface area contributed by atoms with Crippen LogP contribution in [-0.4, -0.2) is 23.7 Å². The van der Waals surface area contributed by atoms with Crippen molar-refractivity contribution in [3.63, 3.8) is 0 Å². The lowest BCUT2D eigenvalue weighted by molar-refractivity contribution is -0.130. The SMILES string of the molecule is CCC(O)C(N)=C(C=O)CC(F)(F)F. The van der Waals surface area contributed by atoms with Crippen LogP contribution in [0.25, 0.3) is 0 Å². The molecule has 3 nitrogen and oxygen atoms in total. The summed E-state index contributed by atoms with van der Waals surface area (Å²) < 4.78 is 35.7. The van der Waals surface area contributed by atoms with Crippen LogP contribution >= 0.6 is 0 Å². The van der Waals surface area contributed by atoms with Crippen LogP contribution in [0, 0.1) is 0 Å². The van der Waals surface area contributed by atoms with Gasteiger partial charge >= 0.3 is 6.18 Å². The molecule has 0 aliphatic heterocycles. The monoisotopic (exact) mass is 211 g/mol. The summed E-state index contributed by atoms with van der Waals surface area (Å²) in [6, 6.07) is 0. The van der Waals surface area contributed by atoms with Gasteiger partial charge in [0.2, 0.25) is 0 Å². The Bertz CT molecular complexity index is 235. The minimum absolute atomic E-state index is 0.0295. The van der Waals surface area contributed by atoms with Crippen molar-refractivity contribution < 1.29 is 23.1 Å². The maximum Gasteiger partial charge on any atom is 0.393 e. The van der Waals surface area contributed by atoms with Crippen LogP contribution in [0.5, 0.6) is 0 Å². The third-order valence-corrected chi connectivity index (χ3v) is 1.65. The molecular formula is C8H12F3NO2. The van der Waals surface area contributed by atoms with E-state index in [1.54, 1.807) is 6.92 Å². The van der Waals surface area contributed by atoms with E-state index < -0.39 is 30.0 Å². The number of carbonyl (C=O) groups excluding carboxylic acids is 1. The summed E-state index contributed by atoms with van der Waals surface area (Å²) in [5, 5.41) is 9.12. The van der Waals surface area contributed by atoms with E-state index >= 15 is 0 Å². The Kier molecular flexibility index (Phi) is 4.62. The third kappa shape index (κ3) is 4.27. The van der Waals surface area contributed by atoms with E-state index in [0.29, 0.717) is 0 Å². The van der Waals surface area contributed by atoms with Gasteiger partial charge in [-0.3, -0.25) is 4.79 Å². The van der Waals surface area contributed by atoms with Crippen LogP contribution in [-0.2, 0) is 4.79 Å². The Morgan fingerprint density at radius 1 is 1.57 bits per heavy atom. The lowest BCUT2D eigenvalue weighted by Crippen LogP contribution is -2.22. The number of allylic oxidation sites excluding steroid dienone is 1. The van der Waals surface area contributed by atoms with Crippen molar-refractivity contribution >= 4 is 6.29 Å². The number of aliphatic hydroxyl groups is 1. The normalized spacial score (nSPS) is 16.1. The van der Waals surface area contributed by atoms with Crippen LogP contribution in [0.4, 0.5) is 13.2 Å². The van der Waals surface area contributed by atoms with Gasteiger partial charge in [0.1, 0.15) is 6.29 Å². The molecule has 82 valence electrons. The summed E-state index contributed by atoms with van der Waals surface area (Å²) in [6.45, 7) is 1.55. The van der Waals surface area contributed by atoms with Gasteiger partial charge in [-0.15, -0.1) is 0 Å². The summed E-state index contributed by atoms with van der Waals surface area (Å²) in [6.07, 6.45) is -6.89. The topological polar surface area (TPSA) is 63.3 Å². The Labute approximate surface area is 79.4 Å². The number of hydrogen-bond donors (Lipinski definition) is 2. The van der Waals surface area contributed by atoms with E-state index in [1.165, 1.54) is 0 Å². The molecule has 0 bridgehead atoms. The zero-order valence-corrected chi connectivity index (χ0v) is 7.64. The van der Waals surface area contributed by atoms with Crippen LogP contribution in [0.2, 0.25) is 0 Å². The molecule has 0 rings (SSSR count). The maximum absolute atomic E-state index is 11.9. The second-order valence-electron chi connectivity index (χ2n) is 2.81. The number of hydrogen-bond acceptors (Lipinski definition) is 3. The Morgan fingerprint density at radius 2 is 2.07 bits per heavy atom. The number of alkyl halides is 3. The lowest BCUT2D eigenvalue weighted by atomic mass is 10.1. The summed E-state index contributed by atoms with van der Waals surface area (Å²) in [5.74, 6) is 0. The first-order valence-electron chi connectivity index (χ1n) is 4.00. The smallest absolute Gasteiger partial charge is 0.393 e. The molecule has 3 N–H and O–H groups in total. The molecule has 0 aromatic heterocycles. The highest BCUT2D eigenvalue weighted by Crippen LogP contribution is 2.25. The lowest BCUT2D eigenvalue weighted by Gasteiger charge is -2.13. The van der Waals surface area contributed by atoms with Gasteiger partial charge in [-0.05, 0) is 6.42 Å². The summed E-state index contributed by atoms with van der Waals surface area (Å²) in [5.41, 5.74) is 4.18. The summed E-state index contributed by atoms with van der Waals surface area (Å²) in [4.78, 5) is 10.3. The van der Waals surface area contributed by atoms with Crippen molar-refractivity contribution in [1.82, 2.24) is 0 Å². The first-order chi connectivity index (χ1) is 6.31. The molecule has 0 aliphatic carbocycles. The highest BCUT2D eigenvalue weighted by molar-refractivity contribution is 5.74. The van der Waals surface area contributed by atoms with Gasteiger partial charge in [0, 0.05) is 11.3 Å². The van der Waals surface area contributed by atoms with E-state index in [1.807, 2.05) is 0 Å². The largest absolute Gasteiger partial charge is 0.400 e. The number of nitrogens with two attached hydrogens (primary N) is 1.